The van der Waals surface area contributed by atoms with Gasteiger partial charge >= 0.3 is 5.97 Å². The maximum Gasteiger partial charge on any atom is 0.341 e. The molecule has 1 N–H and O–H groups in total. The number of esters is 1. The lowest BCUT2D eigenvalue weighted by atomic mass is 10.0. The Labute approximate surface area is 112 Å². The quantitative estimate of drug-likeness (QED) is 0.678. The van der Waals surface area contributed by atoms with Crippen LogP contribution in [0, 0.1) is 5.82 Å². The fourth-order valence-corrected chi connectivity index (χ4v) is 1.99. The van der Waals surface area contributed by atoms with Crippen molar-refractivity contribution in [3.63, 3.8) is 0 Å². The number of phenols is 1. The van der Waals surface area contributed by atoms with E-state index in [0.717, 1.165) is 5.30 Å². The first-order valence-electron chi connectivity index (χ1n) is 5.49. The first-order valence-corrected chi connectivity index (χ1v) is 6.07. The Morgan fingerprint density at radius 1 is 1.26 bits per heavy atom. The lowest BCUT2D eigenvalue weighted by Crippen LogP contribution is -2.02. The third kappa shape index (κ3) is 2.74. The molecule has 0 aliphatic carbocycles. The van der Waals surface area contributed by atoms with E-state index in [1.165, 1.54) is 25.3 Å². The van der Waals surface area contributed by atoms with Crippen LogP contribution in [0.2, 0.25) is 0 Å². The van der Waals surface area contributed by atoms with Crippen molar-refractivity contribution in [2.75, 3.05) is 7.11 Å². The first kappa shape index (κ1) is 13.5. The molecule has 98 valence electrons. The lowest BCUT2D eigenvalue weighted by molar-refractivity contribution is 0.0597. The molecule has 3 nitrogen and oxygen atoms in total. The fraction of sp³-hybridized carbons (Fsp3) is 0.0714. The summed E-state index contributed by atoms with van der Waals surface area (Å²) in [4.78, 5) is 11.5. The van der Waals surface area contributed by atoms with E-state index >= 15 is 0 Å². The normalized spacial score (nSPS) is 10.3. The van der Waals surface area contributed by atoms with Crippen LogP contribution in [0.4, 0.5) is 4.39 Å². The van der Waals surface area contributed by atoms with Gasteiger partial charge in [0.05, 0.1) is 7.11 Å². The number of halogens is 1. The third-order valence-electron chi connectivity index (χ3n) is 2.71. The highest BCUT2D eigenvalue weighted by Crippen LogP contribution is 2.28. The Balaban J connectivity index is 2.54. The number of hydrogen-bond acceptors (Lipinski definition) is 3. The van der Waals surface area contributed by atoms with Crippen molar-refractivity contribution >= 4 is 20.5 Å². The topological polar surface area (TPSA) is 46.5 Å². The number of phenolic OH excluding ortho intramolecular Hbond substituents is 1. The van der Waals surface area contributed by atoms with E-state index in [-0.39, 0.29) is 11.3 Å². The van der Waals surface area contributed by atoms with Crippen molar-refractivity contribution in [3.05, 3.63) is 47.8 Å². The van der Waals surface area contributed by atoms with Gasteiger partial charge in [-0.2, -0.15) is 0 Å². The van der Waals surface area contributed by atoms with Gasteiger partial charge in [-0.1, -0.05) is 18.2 Å². The Hall–Kier alpha value is -1.93. The number of ether oxygens (including phenoxy) is 1. The Bertz CT molecular complexity index is 641. The molecule has 0 saturated heterocycles. The number of carbonyl (C=O) groups is 1. The minimum atomic E-state index is -0.664. The zero-order chi connectivity index (χ0) is 14.0. The van der Waals surface area contributed by atoms with Crippen molar-refractivity contribution in [1.82, 2.24) is 0 Å². The summed E-state index contributed by atoms with van der Waals surface area (Å²) in [7, 11) is 3.63. The highest BCUT2D eigenvalue weighted by atomic mass is 31.0. The molecule has 0 amide bonds. The minimum absolute atomic E-state index is 0.00866. The van der Waals surface area contributed by atoms with Gasteiger partial charge in [-0.15, -0.1) is 9.24 Å². The summed E-state index contributed by atoms with van der Waals surface area (Å²) in [6.07, 6.45) is 0. The van der Waals surface area contributed by atoms with Gasteiger partial charge < -0.3 is 9.84 Å². The summed E-state index contributed by atoms with van der Waals surface area (Å²) < 4.78 is 18.4. The molecule has 0 radical (unpaired) electrons. The van der Waals surface area contributed by atoms with Gasteiger partial charge in [-0.25, -0.2) is 9.18 Å². The monoisotopic (exact) mass is 278 g/mol. The van der Waals surface area contributed by atoms with Crippen LogP contribution in [-0.2, 0) is 4.74 Å². The largest absolute Gasteiger partial charge is 0.507 e. The summed E-state index contributed by atoms with van der Waals surface area (Å²) in [5.41, 5.74) is 0.867. The molecule has 0 fully saturated rings. The van der Waals surface area contributed by atoms with Gasteiger partial charge in [0.25, 0.3) is 0 Å². The summed E-state index contributed by atoms with van der Waals surface area (Å²) in [6, 6.07) is 9.03. The molecule has 2 rings (SSSR count). The summed E-state index contributed by atoms with van der Waals surface area (Å²) in [6.45, 7) is 0. The van der Waals surface area contributed by atoms with Crippen molar-refractivity contribution in [2.45, 2.75) is 0 Å². The van der Waals surface area contributed by atoms with Crippen molar-refractivity contribution in [2.24, 2.45) is 0 Å². The highest BCUT2D eigenvalue weighted by Gasteiger charge is 2.14. The molecule has 2 aromatic carbocycles. The second-order valence-corrected chi connectivity index (χ2v) is 4.63. The van der Waals surface area contributed by atoms with Crippen LogP contribution in [0.5, 0.6) is 5.75 Å². The summed E-state index contributed by atoms with van der Waals surface area (Å²) in [5, 5.41) is 10.3. The van der Waals surface area contributed by atoms with E-state index < -0.39 is 11.8 Å². The van der Waals surface area contributed by atoms with Crippen molar-refractivity contribution in [3.8, 4) is 16.9 Å². The van der Waals surface area contributed by atoms with E-state index in [2.05, 4.69) is 14.0 Å². The van der Waals surface area contributed by atoms with E-state index in [1.807, 2.05) is 0 Å². The third-order valence-corrected chi connectivity index (χ3v) is 3.07. The average Bonchev–Trinajstić information content (AvgIpc) is 2.39. The second-order valence-electron chi connectivity index (χ2n) is 3.96. The molecule has 1 atom stereocenters. The highest BCUT2D eigenvalue weighted by molar-refractivity contribution is 7.27. The number of benzene rings is 2. The minimum Gasteiger partial charge on any atom is -0.507 e. The predicted octanol–water partition coefficient (Wildman–Crippen LogP) is 2.49. The first-order chi connectivity index (χ1) is 9.02. The Morgan fingerprint density at radius 3 is 2.63 bits per heavy atom. The van der Waals surface area contributed by atoms with E-state index in [9.17, 15) is 14.3 Å². The SMILES string of the molecule is COC(=O)c1cc(-c2ccc(P)cc2F)ccc1O. The number of hydrogen-bond donors (Lipinski definition) is 1. The molecule has 19 heavy (non-hydrogen) atoms. The van der Waals surface area contributed by atoms with Gasteiger partial charge in [-0.3, -0.25) is 0 Å². The molecule has 0 aliphatic rings. The standard InChI is InChI=1S/C14H12FO3P/c1-18-14(17)11-6-8(2-5-13(11)16)10-4-3-9(19)7-12(10)15/h2-7,16H,19H2,1H3. The van der Waals surface area contributed by atoms with Crippen LogP contribution >= 0.6 is 9.24 Å². The molecule has 0 saturated carbocycles. The van der Waals surface area contributed by atoms with Gasteiger partial charge in [-0.05, 0) is 29.1 Å². The van der Waals surface area contributed by atoms with E-state index in [0.29, 0.717) is 11.1 Å². The fourth-order valence-electron chi connectivity index (χ4n) is 1.74. The molecule has 1 unspecified atom stereocenters. The maximum atomic E-state index is 13.9. The second kappa shape index (κ2) is 5.37. The lowest BCUT2D eigenvalue weighted by Gasteiger charge is -2.08. The molecule has 0 heterocycles. The zero-order valence-electron chi connectivity index (χ0n) is 10.2. The van der Waals surface area contributed by atoms with Gasteiger partial charge in [0.15, 0.2) is 0 Å². The number of methoxy groups -OCH3 is 1. The smallest absolute Gasteiger partial charge is 0.341 e. The molecule has 0 bridgehead atoms. The number of rotatable bonds is 2. The van der Waals surface area contributed by atoms with Crippen LogP contribution < -0.4 is 5.30 Å². The van der Waals surface area contributed by atoms with Crippen LogP contribution in [0.1, 0.15) is 10.4 Å². The summed E-state index contributed by atoms with van der Waals surface area (Å²) in [5.74, 6) is -1.25. The van der Waals surface area contributed by atoms with Gasteiger partial charge in [0.2, 0.25) is 0 Å². The molecule has 0 aliphatic heterocycles. The molecule has 0 spiro atoms. The van der Waals surface area contributed by atoms with Crippen LogP contribution in [0.15, 0.2) is 36.4 Å². The Kier molecular flexibility index (Phi) is 3.82. The molecular weight excluding hydrogens is 266 g/mol. The number of carbonyl (C=O) groups excluding carboxylic acids is 1. The van der Waals surface area contributed by atoms with Crippen molar-refractivity contribution < 1.29 is 19.0 Å². The van der Waals surface area contributed by atoms with E-state index in [4.69, 9.17) is 0 Å². The molecular formula is C14H12FO3P. The van der Waals surface area contributed by atoms with Crippen LogP contribution in [-0.4, -0.2) is 18.2 Å². The average molecular weight is 278 g/mol. The zero-order valence-corrected chi connectivity index (χ0v) is 11.3. The number of aromatic hydroxyl groups is 1. The maximum absolute atomic E-state index is 13.9. The molecule has 2 aromatic rings. The predicted molar refractivity (Wildman–Crippen MR) is 74.2 cm³/mol. The Morgan fingerprint density at radius 2 is 2.00 bits per heavy atom. The van der Waals surface area contributed by atoms with Crippen LogP contribution in [0.3, 0.4) is 0 Å². The molecule has 0 aromatic heterocycles. The summed E-state index contributed by atoms with van der Waals surface area (Å²) >= 11 is 0. The van der Waals surface area contributed by atoms with Crippen molar-refractivity contribution in [1.29, 1.82) is 0 Å². The molecule has 5 heteroatoms. The van der Waals surface area contributed by atoms with Gasteiger partial charge in [0.1, 0.15) is 17.1 Å². The van der Waals surface area contributed by atoms with E-state index in [1.54, 1.807) is 18.2 Å². The van der Waals surface area contributed by atoms with Crippen LogP contribution in [0.25, 0.3) is 11.1 Å². The van der Waals surface area contributed by atoms with Gasteiger partial charge in [0, 0.05) is 5.56 Å².